The number of aromatic nitrogens is 2. The van der Waals surface area contributed by atoms with Crippen LogP contribution in [0.3, 0.4) is 0 Å². The Morgan fingerprint density at radius 2 is 1.88 bits per heavy atom. The largest absolute Gasteiger partial charge is 0.380 e. The van der Waals surface area contributed by atoms with E-state index in [9.17, 15) is 9.90 Å². The van der Waals surface area contributed by atoms with Crippen molar-refractivity contribution < 1.29 is 9.90 Å². The molecule has 2 aromatic rings. The van der Waals surface area contributed by atoms with E-state index in [1.807, 2.05) is 29.2 Å². The lowest BCUT2D eigenvalue weighted by molar-refractivity contribution is -0.150. The summed E-state index contributed by atoms with van der Waals surface area (Å²) in [4.78, 5) is 24.8. The van der Waals surface area contributed by atoms with Gasteiger partial charge in [0.2, 0.25) is 5.95 Å². The molecule has 1 amide bonds. The Labute approximate surface area is 141 Å². The van der Waals surface area contributed by atoms with Crippen molar-refractivity contribution in [2.24, 2.45) is 0 Å². The van der Waals surface area contributed by atoms with Gasteiger partial charge in [-0.05, 0) is 44.2 Å². The maximum absolute atomic E-state index is 12.7. The van der Waals surface area contributed by atoms with E-state index < -0.39 is 5.60 Å². The second-order valence-corrected chi connectivity index (χ2v) is 6.95. The topological polar surface area (TPSA) is 72.5 Å². The summed E-state index contributed by atoms with van der Waals surface area (Å²) in [5.74, 6) is 0.788. The summed E-state index contributed by atoms with van der Waals surface area (Å²) in [6, 6.07) is 8.00. The van der Waals surface area contributed by atoms with E-state index in [1.165, 1.54) is 0 Å². The van der Waals surface area contributed by atoms with Gasteiger partial charge in [-0.1, -0.05) is 12.1 Å². The molecule has 0 bridgehead atoms. The van der Waals surface area contributed by atoms with E-state index in [2.05, 4.69) is 14.9 Å². The van der Waals surface area contributed by atoms with Crippen LogP contribution in [0, 0.1) is 0 Å². The van der Waals surface area contributed by atoms with Gasteiger partial charge in [0.25, 0.3) is 5.91 Å². The van der Waals surface area contributed by atoms with Crippen LogP contribution >= 0.6 is 0 Å². The maximum Gasteiger partial charge on any atom is 0.254 e. The molecule has 2 heterocycles. The normalized spacial score (nSPS) is 21.2. The predicted molar refractivity (Wildman–Crippen MR) is 92.9 cm³/mol. The molecule has 1 aromatic carbocycles. The Kier molecular flexibility index (Phi) is 3.92. The highest BCUT2D eigenvalue weighted by molar-refractivity contribution is 5.85. The van der Waals surface area contributed by atoms with Gasteiger partial charge in [-0.25, -0.2) is 4.98 Å². The predicted octanol–water partition coefficient (Wildman–Crippen LogP) is 1.91. The molecule has 0 spiro atoms. The molecule has 6 heteroatoms. The number of carbonyl (C=O) groups excluding carboxylic acids is 1. The Bertz CT molecular complexity index is 702. The van der Waals surface area contributed by atoms with Gasteiger partial charge in [0.15, 0.2) is 0 Å². The molecule has 24 heavy (non-hydrogen) atoms. The zero-order chi connectivity index (χ0) is 16.6. The fourth-order valence-corrected chi connectivity index (χ4v) is 3.89. The first kappa shape index (κ1) is 15.4. The highest BCUT2D eigenvalue weighted by Crippen LogP contribution is 2.31. The van der Waals surface area contributed by atoms with Crippen LogP contribution in [0.15, 0.2) is 24.3 Å². The Hall–Kier alpha value is -2.08. The summed E-state index contributed by atoms with van der Waals surface area (Å²) in [6.45, 7) is 2.94. The molecule has 1 aliphatic heterocycles. The van der Waals surface area contributed by atoms with E-state index in [0.717, 1.165) is 49.3 Å². The lowest BCUT2D eigenvalue weighted by Gasteiger charge is -2.29. The molecule has 1 aromatic heterocycles. The molecule has 0 radical (unpaired) electrons. The number of nitrogens with one attached hydrogen (secondary N) is 1. The molecule has 0 atom stereocenters. The molecule has 0 unspecified atom stereocenters. The number of para-hydroxylation sites is 2. The first-order chi connectivity index (χ1) is 11.7. The van der Waals surface area contributed by atoms with Crippen molar-refractivity contribution in [2.75, 3.05) is 31.1 Å². The average Bonchev–Trinajstić information content (AvgIpc) is 3.14. The van der Waals surface area contributed by atoms with Crippen LogP contribution in [0.4, 0.5) is 5.95 Å². The summed E-state index contributed by atoms with van der Waals surface area (Å²) in [5.41, 5.74) is 0.879. The summed E-state index contributed by atoms with van der Waals surface area (Å²) >= 11 is 0. The second kappa shape index (κ2) is 6.09. The van der Waals surface area contributed by atoms with Gasteiger partial charge in [0.1, 0.15) is 5.60 Å². The van der Waals surface area contributed by atoms with Gasteiger partial charge in [-0.3, -0.25) is 4.79 Å². The number of hydrogen-bond donors (Lipinski definition) is 2. The number of carbonyl (C=O) groups is 1. The van der Waals surface area contributed by atoms with E-state index >= 15 is 0 Å². The first-order valence-corrected chi connectivity index (χ1v) is 8.87. The number of aliphatic hydroxyl groups is 1. The minimum absolute atomic E-state index is 0.0774. The van der Waals surface area contributed by atoms with E-state index in [0.29, 0.717) is 25.9 Å². The molecular weight excluding hydrogens is 304 g/mol. The molecule has 2 fully saturated rings. The van der Waals surface area contributed by atoms with Crippen molar-refractivity contribution in [1.29, 1.82) is 0 Å². The SMILES string of the molecule is O=C(N1CCCN(c2nc3ccccc3[nH]2)CC1)C1(O)CCCC1. The summed E-state index contributed by atoms with van der Waals surface area (Å²) in [6.07, 6.45) is 3.99. The molecule has 1 saturated heterocycles. The van der Waals surface area contributed by atoms with Crippen LogP contribution in [-0.2, 0) is 4.79 Å². The Balaban J connectivity index is 1.47. The quantitative estimate of drug-likeness (QED) is 0.883. The summed E-state index contributed by atoms with van der Waals surface area (Å²) in [5, 5.41) is 10.6. The van der Waals surface area contributed by atoms with E-state index in [-0.39, 0.29) is 5.91 Å². The number of fused-ring (bicyclic) bond motifs is 1. The number of H-pyrrole nitrogens is 1. The smallest absolute Gasteiger partial charge is 0.254 e. The van der Waals surface area contributed by atoms with E-state index in [1.54, 1.807) is 0 Å². The Morgan fingerprint density at radius 1 is 1.08 bits per heavy atom. The number of imidazole rings is 1. The number of nitrogens with zero attached hydrogens (tertiary/aromatic N) is 3. The van der Waals surface area contributed by atoms with E-state index in [4.69, 9.17) is 0 Å². The van der Waals surface area contributed by atoms with Crippen LogP contribution in [0.2, 0.25) is 0 Å². The molecule has 1 aliphatic carbocycles. The molecule has 4 rings (SSSR count). The van der Waals surface area contributed by atoms with Crippen molar-refractivity contribution in [3.8, 4) is 0 Å². The third-order valence-electron chi connectivity index (χ3n) is 5.29. The third-order valence-corrected chi connectivity index (χ3v) is 5.29. The van der Waals surface area contributed by atoms with Gasteiger partial charge in [-0.2, -0.15) is 0 Å². The van der Waals surface area contributed by atoms with Gasteiger partial charge >= 0.3 is 0 Å². The van der Waals surface area contributed by atoms with Crippen LogP contribution in [-0.4, -0.2) is 57.7 Å². The van der Waals surface area contributed by atoms with Crippen molar-refractivity contribution in [2.45, 2.75) is 37.7 Å². The lowest BCUT2D eigenvalue weighted by Crippen LogP contribution is -2.48. The fourth-order valence-electron chi connectivity index (χ4n) is 3.89. The standard InChI is InChI=1S/C18H24N4O2/c23-16(18(24)8-3-4-9-18)21-10-5-11-22(13-12-21)17-19-14-6-1-2-7-15(14)20-17/h1-2,6-7,24H,3-5,8-13H2,(H,19,20). The zero-order valence-corrected chi connectivity index (χ0v) is 13.9. The number of anilines is 1. The minimum atomic E-state index is -1.12. The highest BCUT2D eigenvalue weighted by atomic mass is 16.3. The lowest BCUT2D eigenvalue weighted by atomic mass is 10.0. The minimum Gasteiger partial charge on any atom is -0.380 e. The molecule has 2 N–H and O–H groups in total. The van der Waals surface area contributed by atoms with Crippen molar-refractivity contribution in [1.82, 2.24) is 14.9 Å². The molecular formula is C18H24N4O2. The number of benzene rings is 1. The van der Waals surface area contributed by atoms with Crippen LogP contribution < -0.4 is 4.90 Å². The van der Waals surface area contributed by atoms with Crippen LogP contribution in [0.1, 0.15) is 32.1 Å². The molecule has 6 nitrogen and oxygen atoms in total. The van der Waals surface area contributed by atoms with Crippen LogP contribution in [0.25, 0.3) is 11.0 Å². The van der Waals surface area contributed by atoms with Crippen molar-refractivity contribution in [3.63, 3.8) is 0 Å². The monoisotopic (exact) mass is 328 g/mol. The van der Waals surface area contributed by atoms with Gasteiger partial charge < -0.3 is 19.9 Å². The average molecular weight is 328 g/mol. The summed E-state index contributed by atoms with van der Waals surface area (Å²) in [7, 11) is 0. The number of hydrogen-bond acceptors (Lipinski definition) is 4. The van der Waals surface area contributed by atoms with Crippen molar-refractivity contribution >= 4 is 22.9 Å². The maximum atomic E-state index is 12.7. The number of rotatable bonds is 2. The van der Waals surface area contributed by atoms with Gasteiger partial charge in [0.05, 0.1) is 11.0 Å². The van der Waals surface area contributed by atoms with Crippen molar-refractivity contribution in [3.05, 3.63) is 24.3 Å². The zero-order valence-electron chi connectivity index (χ0n) is 13.9. The first-order valence-electron chi connectivity index (χ1n) is 8.87. The molecule has 128 valence electrons. The third kappa shape index (κ3) is 2.75. The molecule has 2 aliphatic rings. The van der Waals surface area contributed by atoms with Gasteiger partial charge in [0, 0.05) is 26.2 Å². The highest BCUT2D eigenvalue weighted by Gasteiger charge is 2.41. The number of aromatic amines is 1. The van der Waals surface area contributed by atoms with Gasteiger partial charge in [-0.15, -0.1) is 0 Å². The summed E-state index contributed by atoms with van der Waals surface area (Å²) < 4.78 is 0. The second-order valence-electron chi connectivity index (χ2n) is 6.95. The van der Waals surface area contributed by atoms with Crippen LogP contribution in [0.5, 0.6) is 0 Å². The Morgan fingerprint density at radius 3 is 2.67 bits per heavy atom. The molecule has 1 saturated carbocycles. The number of amides is 1. The fraction of sp³-hybridized carbons (Fsp3) is 0.556.